The van der Waals surface area contributed by atoms with Gasteiger partial charge in [-0.05, 0) is 18.1 Å². The Labute approximate surface area is 141 Å². The molecule has 0 saturated heterocycles. The molecule has 7 nitrogen and oxygen atoms in total. The molecular formula is C17H23NO6. The third kappa shape index (κ3) is 6.68. The van der Waals surface area contributed by atoms with E-state index in [1.807, 2.05) is 19.9 Å². The van der Waals surface area contributed by atoms with Gasteiger partial charge in [0.1, 0.15) is 11.8 Å². The lowest BCUT2D eigenvalue weighted by Gasteiger charge is -2.21. The maximum Gasteiger partial charge on any atom is 0.344 e. The number of methoxy groups -OCH3 is 1. The van der Waals surface area contributed by atoms with Crippen LogP contribution in [0, 0.1) is 5.92 Å². The van der Waals surface area contributed by atoms with Crippen LogP contribution in [0.15, 0.2) is 30.3 Å². The lowest BCUT2D eigenvalue weighted by atomic mass is 9.99. The molecule has 0 aliphatic rings. The van der Waals surface area contributed by atoms with Gasteiger partial charge in [-0.25, -0.2) is 9.59 Å². The zero-order chi connectivity index (χ0) is 17.9. The Bertz CT molecular complexity index is 545. The molecule has 0 spiro atoms. The van der Waals surface area contributed by atoms with Crippen LogP contribution in [0.2, 0.25) is 0 Å². The van der Waals surface area contributed by atoms with Gasteiger partial charge in [0.05, 0.1) is 7.11 Å². The van der Waals surface area contributed by atoms with Crippen molar-refractivity contribution in [3.05, 3.63) is 30.3 Å². The summed E-state index contributed by atoms with van der Waals surface area (Å²) >= 11 is 0. The molecule has 0 aromatic heterocycles. The van der Waals surface area contributed by atoms with Crippen molar-refractivity contribution in [3.8, 4) is 5.75 Å². The molecule has 0 fully saturated rings. The average Bonchev–Trinajstić information content (AvgIpc) is 2.62. The topological polar surface area (TPSA) is 90.9 Å². The van der Waals surface area contributed by atoms with E-state index in [2.05, 4.69) is 10.1 Å². The van der Waals surface area contributed by atoms with Gasteiger partial charge in [-0.3, -0.25) is 4.79 Å². The average molecular weight is 337 g/mol. The molecule has 0 aliphatic carbocycles. The van der Waals surface area contributed by atoms with Gasteiger partial charge in [0.15, 0.2) is 13.2 Å². The van der Waals surface area contributed by atoms with Crippen molar-refractivity contribution in [1.82, 2.24) is 5.32 Å². The molecule has 24 heavy (non-hydrogen) atoms. The van der Waals surface area contributed by atoms with Gasteiger partial charge >= 0.3 is 11.9 Å². The van der Waals surface area contributed by atoms with Gasteiger partial charge in [-0.1, -0.05) is 38.5 Å². The number of amides is 1. The summed E-state index contributed by atoms with van der Waals surface area (Å²) in [6, 6.07) is 8.00. The zero-order valence-electron chi connectivity index (χ0n) is 14.1. The van der Waals surface area contributed by atoms with Crippen LogP contribution in [-0.4, -0.2) is 44.2 Å². The van der Waals surface area contributed by atoms with Gasteiger partial charge in [0, 0.05) is 0 Å². The van der Waals surface area contributed by atoms with Gasteiger partial charge in [0.25, 0.3) is 5.91 Å². The van der Waals surface area contributed by atoms with E-state index in [1.165, 1.54) is 7.11 Å². The van der Waals surface area contributed by atoms with Crippen molar-refractivity contribution in [2.75, 3.05) is 20.3 Å². The minimum atomic E-state index is -0.772. The number of ether oxygens (including phenoxy) is 3. The van der Waals surface area contributed by atoms with E-state index >= 15 is 0 Å². The number of benzene rings is 1. The highest BCUT2D eigenvalue weighted by atomic mass is 16.6. The number of carbonyl (C=O) groups excluding carboxylic acids is 3. The van der Waals surface area contributed by atoms with E-state index in [4.69, 9.17) is 9.47 Å². The first-order valence-corrected chi connectivity index (χ1v) is 7.68. The zero-order valence-corrected chi connectivity index (χ0v) is 14.1. The molecule has 132 valence electrons. The van der Waals surface area contributed by atoms with Crippen LogP contribution in [0.5, 0.6) is 5.75 Å². The minimum Gasteiger partial charge on any atom is -0.482 e. The largest absolute Gasteiger partial charge is 0.482 e. The smallest absolute Gasteiger partial charge is 0.344 e. The molecule has 1 N–H and O–H groups in total. The molecule has 1 amide bonds. The Morgan fingerprint density at radius 2 is 1.79 bits per heavy atom. The number of esters is 2. The van der Waals surface area contributed by atoms with Gasteiger partial charge in [-0.2, -0.15) is 0 Å². The second-order valence-corrected chi connectivity index (χ2v) is 5.22. The Kier molecular flexibility index (Phi) is 8.32. The summed E-state index contributed by atoms with van der Waals surface area (Å²) in [5, 5.41) is 2.52. The van der Waals surface area contributed by atoms with Crippen LogP contribution in [0.4, 0.5) is 0 Å². The highest BCUT2D eigenvalue weighted by molar-refractivity contribution is 5.86. The number of para-hydroxylation sites is 1. The van der Waals surface area contributed by atoms with Crippen LogP contribution in [0.25, 0.3) is 0 Å². The standard InChI is InChI=1S/C17H23NO6/c1-4-12(2)16(17(21)22-3)18-14(19)10-24-15(20)11-23-13-8-6-5-7-9-13/h5-9,12,16H,4,10-11H2,1-3H3,(H,18,19)/t12-,16-/m1/s1. The third-order valence-electron chi connectivity index (χ3n) is 3.45. The summed E-state index contributed by atoms with van der Waals surface area (Å²) in [4.78, 5) is 35.1. The molecule has 1 aromatic rings. The molecule has 0 saturated carbocycles. The normalized spacial score (nSPS) is 12.6. The molecule has 1 aromatic carbocycles. The van der Waals surface area contributed by atoms with Crippen LogP contribution < -0.4 is 10.1 Å². The maximum absolute atomic E-state index is 11.8. The van der Waals surface area contributed by atoms with Crippen LogP contribution in [0.3, 0.4) is 0 Å². The highest BCUT2D eigenvalue weighted by Crippen LogP contribution is 2.09. The lowest BCUT2D eigenvalue weighted by Crippen LogP contribution is -2.47. The maximum atomic E-state index is 11.8. The molecule has 2 atom stereocenters. The fourth-order valence-corrected chi connectivity index (χ4v) is 1.86. The van der Waals surface area contributed by atoms with Gasteiger partial charge < -0.3 is 19.5 Å². The first kappa shape index (κ1) is 19.5. The van der Waals surface area contributed by atoms with Crippen molar-refractivity contribution in [3.63, 3.8) is 0 Å². The van der Waals surface area contributed by atoms with Crippen LogP contribution >= 0.6 is 0 Å². The Hall–Kier alpha value is -2.57. The molecule has 0 bridgehead atoms. The SMILES string of the molecule is CC[C@@H](C)[C@@H](NC(=O)COC(=O)COc1ccccc1)C(=O)OC. The second kappa shape index (κ2) is 10.3. The molecular weight excluding hydrogens is 314 g/mol. The van der Waals surface area contributed by atoms with E-state index in [0.717, 1.165) is 0 Å². The van der Waals surface area contributed by atoms with E-state index in [0.29, 0.717) is 12.2 Å². The fraction of sp³-hybridized carbons (Fsp3) is 0.471. The molecule has 0 unspecified atom stereocenters. The molecule has 1 rings (SSSR count). The number of rotatable bonds is 9. The first-order chi connectivity index (χ1) is 11.5. The summed E-state index contributed by atoms with van der Waals surface area (Å²) < 4.78 is 14.7. The Morgan fingerprint density at radius 1 is 1.12 bits per heavy atom. The Balaban J connectivity index is 2.38. The van der Waals surface area contributed by atoms with Crippen molar-refractivity contribution < 1.29 is 28.6 Å². The number of hydrogen-bond acceptors (Lipinski definition) is 6. The van der Waals surface area contributed by atoms with Crippen molar-refractivity contribution in [1.29, 1.82) is 0 Å². The lowest BCUT2D eigenvalue weighted by molar-refractivity contribution is -0.152. The molecule has 0 radical (unpaired) electrons. The summed E-state index contributed by atoms with van der Waals surface area (Å²) in [5.74, 6) is -1.35. The predicted molar refractivity (Wildman–Crippen MR) is 86.3 cm³/mol. The Morgan fingerprint density at radius 3 is 2.38 bits per heavy atom. The predicted octanol–water partition coefficient (Wildman–Crippen LogP) is 1.31. The minimum absolute atomic E-state index is 0.0986. The quantitative estimate of drug-likeness (QED) is 0.683. The molecule has 0 heterocycles. The molecule has 7 heteroatoms. The van der Waals surface area contributed by atoms with E-state index < -0.39 is 30.5 Å². The number of carbonyl (C=O) groups is 3. The van der Waals surface area contributed by atoms with Crippen LogP contribution in [-0.2, 0) is 23.9 Å². The van der Waals surface area contributed by atoms with Crippen molar-refractivity contribution in [2.45, 2.75) is 26.3 Å². The molecule has 0 aliphatic heterocycles. The highest BCUT2D eigenvalue weighted by Gasteiger charge is 2.26. The summed E-state index contributed by atoms with van der Waals surface area (Å²) in [7, 11) is 1.25. The monoisotopic (exact) mass is 337 g/mol. The van der Waals surface area contributed by atoms with E-state index in [9.17, 15) is 14.4 Å². The summed E-state index contributed by atoms with van der Waals surface area (Å²) in [6.45, 7) is 2.93. The van der Waals surface area contributed by atoms with E-state index in [1.54, 1.807) is 24.3 Å². The van der Waals surface area contributed by atoms with Gasteiger partial charge in [0.2, 0.25) is 0 Å². The fourth-order valence-electron chi connectivity index (χ4n) is 1.86. The third-order valence-corrected chi connectivity index (χ3v) is 3.45. The van der Waals surface area contributed by atoms with E-state index in [-0.39, 0.29) is 12.5 Å². The van der Waals surface area contributed by atoms with Crippen molar-refractivity contribution >= 4 is 17.8 Å². The summed E-state index contributed by atoms with van der Waals surface area (Å²) in [6.07, 6.45) is 0.685. The van der Waals surface area contributed by atoms with Crippen LogP contribution in [0.1, 0.15) is 20.3 Å². The number of nitrogens with one attached hydrogen (secondary N) is 1. The van der Waals surface area contributed by atoms with Gasteiger partial charge in [-0.15, -0.1) is 0 Å². The number of hydrogen-bond donors (Lipinski definition) is 1. The van der Waals surface area contributed by atoms with Crippen molar-refractivity contribution in [2.24, 2.45) is 5.92 Å². The second-order valence-electron chi connectivity index (χ2n) is 5.22. The first-order valence-electron chi connectivity index (χ1n) is 7.68. The summed E-state index contributed by atoms with van der Waals surface area (Å²) in [5.41, 5.74) is 0.